The van der Waals surface area contributed by atoms with Gasteiger partial charge < -0.3 is 9.47 Å². The molecule has 0 amide bonds. The third kappa shape index (κ3) is 4.23. The third-order valence-corrected chi connectivity index (χ3v) is 2.20. The number of carbonyl (C=O) groups excluding carboxylic acids is 1. The minimum absolute atomic E-state index is 0.248. The average molecular weight is 287 g/mol. The lowest BCUT2D eigenvalue weighted by Gasteiger charge is -2.21. The van der Waals surface area contributed by atoms with Crippen LogP contribution < -0.4 is 9.47 Å². The van der Waals surface area contributed by atoms with E-state index in [1.54, 1.807) is 18.2 Å². The van der Waals surface area contributed by atoms with E-state index in [9.17, 15) is 4.79 Å². The largest absolute Gasteiger partial charge is 0.488 e. The van der Waals surface area contributed by atoms with Crippen LogP contribution in [0.3, 0.4) is 0 Å². The summed E-state index contributed by atoms with van der Waals surface area (Å²) in [7, 11) is 0. The fourth-order valence-corrected chi connectivity index (χ4v) is 1.57. The minimum Gasteiger partial charge on any atom is -0.488 e. The molecule has 0 aliphatic heterocycles. The molecule has 0 N–H and O–H groups in total. The van der Waals surface area contributed by atoms with Crippen molar-refractivity contribution in [3.63, 3.8) is 0 Å². The van der Waals surface area contributed by atoms with Gasteiger partial charge in [0.1, 0.15) is 17.1 Å². The van der Waals surface area contributed by atoms with Crippen molar-refractivity contribution in [2.24, 2.45) is 0 Å². The Morgan fingerprint density at radius 2 is 1.94 bits per heavy atom. The van der Waals surface area contributed by atoms with Gasteiger partial charge in [0.25, 0.3) is 0 Å². The van der Waals surface area contributed by atoms with Crippen LogP contribution in [-0.2, 0) is 4.79 Å². The van der Waals surface area contributed by atoms with Gasteiger partial charge in [-0.2, -0.15) is 0 Å². The second-order valence-electron chi connectivity index (χ2n) is 4.40. The molecular weight excluding hydrogens is 272 g/mol. The molecule has 0 heterocycles. The second kappa shape index (κ2) is 4.87. The quantitative estimate of drug-likeness (QED) is 0.616. The Hall–Kier alpha value is -1.03. The zero-order chi connectivity index (χ0) is 12.3. The van der Waals surface area contributed by atoms with E-state index in [1.165, 1.54) is 6.92 Å². The number of halogens is 1. The molecule has 1 aromatic carbocycles. The molecular formula is C12H15BrO3. The van der Waals surface area contributed by atoms with E-state index < -0.39 is 0 Å². The van der Waals surface area contributed by atoms with Gasteiger partial charge in [0.2, 0.25) is 0 Å². The van der Waals surface area contributed by atoms with Gasteiger partial charge in [-0.05, 0) is 54.9 Å². The van der Waals surface area contributed by atoms with E-state index in [0.717, 1.165) is 5.75 Å². The highest BCUT2D eigenvalue weighted by molar-refractivity contribution is 9.10. The average Bonchev–Trinajstić information content (AvgIpc) is 2.06. The molecule has 1 rings (SSSR count). The first-order chi connectivity index (χ1) is 7.28. The van der Waals surface area contributed by atoms with E-state index in [-0.39, 0.29) is 11.6 Å². The molecule has 0 atom stereocenters. The van der Waals surface area contributed by atoms with Crippen molar-refractivity contribution in [2.75, 3.05) is 0 Å². The number of esters is 1. The van der Waals surface area contributed by atoms with Crippen molar-refractivity contribution in [1.82, 2.24) is 0 Å². The number of ether oxygens (including phenoxy) is 2. The van der Waals surface area contributed by atoms with Crippen molar-refractivity contribution in [3.05, 3.63) is 22.7 Å². The lowest BCUT2D eigenvalue weighted by atomic mass is 10.2. The fourth-order valence-electron chi connectivity index (χ4n) is 1.14. The molecule has 0 saturated heterocycles. The number of rotatable bonds is 2. The van der Waals surface area contributed by atoms with Gasteiger partial charge in [-0.15, -0.1) is 0 Å². The van der Waals surface area contributed by atoms with Gasteiger partial charge in [0, 0.05) is 6.92 Å². The lowest BCUT2D eigenvalue weighted by Crippen LogP contribution is -2.22. The molecule has 0 radical (unpaired) electrons. The van der Waals surface area contributed by atoms with E-state index in [4.69, 9.17) is 9.47 Å². The van der Waals surface area contributed by atoms with Gasteiger partial charge in [0.05, 0.1) is 4.47 Å². The van der Waals surface area contributed by atoms with Gasteiger partial charge in [-0.1, -0.05) is 0 Å². The number of hydrogen-bond acceptors (Lipinski definition) is 3. The Morgan fingerprint density at radius 1 is 1.31 bits per heavy atom. The van der Waals surface area contributed by atoms with Crippen LogP contribution in [0.1, 0.15) is 27.7 Å². The number of carbonyl (C=O) groups is 1. The lowest BCUT2D eigenvalue weighted by molar-refractivity contribution is -0.131. The maximum atomic E-state index is 10.8. The summed E-state index contributed by atoms with van der Waals surface area (Å²) in [6.45, 7) is 7.29. The summed E-state index contributed by atoms with van der Waals surface area (Å²) in [4.78, 5) is 10.8. The van der Waals surface area contributed by atoms with Crippen LogP contribution >= 0.6 is 15.9 Å². The van der Waals surface area contributed by atoms with E-state index in [2.05, 4.69) is 15.9 Å². The van der Waals surface area contributed by atoms with Gasteiger partial charge >= 0.3 is 5.97 Å². The summed E-state index contributed by atoms with van der Waals surface area (Å²) in [6, 6.07) is 5.25. The Balaban J connectivity index is 2.87. The molecule has 0 saturated carbocycles. The highest BCUT2D eigenvalue weighted by Gasteiger charge is 2.13. The Morgan fingerprint density at radius 3 is 2.38 bits per heavy atom. The molecule has 0 aliphatic rings. The van der Waals surface area contributed by atoms with Crippen LogP contribution in [0.5, 0.6) is 11.5 Å². The summed E-state index contributed by atoms with van der Waals surface area (Å²) in [5, 5.41) is 0. The summed E-state index contributed by atoms with van der Waals surface area (Å²) in [6.07, 6.45) is 0. The van der Waals surface area contributed by atoms with Crippen LogP contribution in [0.2, 0.25) is 0 Å². The smallest absolute Gasteiger partial charge is 0.308 e. The first-order valence-electron chi connectivity index (χ1n) is 4.95. The van der Waals surface area contributed by atoms with Crippen LogP contribution in [-0.4, -0.2) is 11.6 Å². The fraction of sp³-hybridized carbons (Fsp3) is 0.417. The minimum atomic E-state index is -0.342. The topological polar surface area (TPSA) is 35.5 Å². The van der Waals surface area contributed by atoms with Crippen LogP contribution in [0.4, 0.5) is 0 Å². The second-order valence-corrected chi connectivity index (χ2v) is 5.25. The monoisotopic (exact) mass is 286 g/mol. The predicted octanol–water partition coefficient (Wildman–Crippen LogP) is 3.55. The van der Waals surface area contributed by atoms with Crippen LogP contribution in [0.25, 0.3) is 0 Å². The molecule has 4 heteroatoms. The molecule has 0 bridgehead atoms. The molecule has 0 aliphatic carbocycles. The van der Waals surface area contributed by atoms with Gasteiger partial charge in [-0.3, -0.25) is 4.79 Å². The highest BCUT2D eigenvalue weighted by Crippen LogP contribution is 2.30. The van der Waals surface area contributed by atoms with Crippen molar-refractivity contribution in [2.45, 2.75) is 33.3 Å². The van der Waals surface area contributed by atoms with E-state index in [1.807, 2.05) is 20.8 Å². The molecule has 0 fully saturated rings. The SMILES string of the molecule is CC(=O)Oc1ccc(OC(C)(C)C)cc1Br. The normalized spacial score (nSPS) is 11.1. The first kappa shape index (κ1) is 13.0. The van der Waals surface area contributed by atoms with Crippen LogP contribution in [0.15, 0.2) is 22.7 Å². The summed E-state index contributed by atoms with van der Waals surface area (Å²) < 4.78 is 11.4. The third-order valence-electron chi connectivity index (χ3n) is 1.58. The molecule has 16 heavy (non-hydrogen) atoms. The summed E-state index contributed by atoms with van der Waals surface area (Å²) in [5.74, 6) is 0.884. The standard InChI is InChI=1S/C12H15BrO3/c1-8(14)15-11-6-5-9(7-10(11)13)16-12(2,3)4/h5-7H,1-4H3. The van der Waals surface area contributed by atoms with Gasteiger partial charge in [0.15, 0.2) is 0 Å². The number of hydrogen-bond donors (Lipinski definition) is 0. The molecule has 3 nitrogen and oxygen atoms in total. The Kier molecular flexibility index (Phi) is 3.97. The van der Waals surface area contributed by atoms with E-state index in [0.29, 0.717) is 10.2 Å². The van der Waals surface area contributed by atoms with E-state index >= 15 is 0 Å². The predicted molar refractivity (Wildman–Crippen MR) is 65.8 cm³/mol. The maximum Gasteiger partial charge on any atom is 0.308 e. The molecule has 0 aromatic heterocycles. The molecule has 0 spiro atoms. The highest BCUT2D eigenvalue weighted by atomic mass is 79.9. The zero-order valence-electron chi connectivity index (χ0n) is 9.83. The first-order valence-corrected chi connectivity index (χ1v) is 5.74. The van der Waals surface area contributed by atoms with Crippen molar-refractivity contribution >= 4 is 21.9 Å². The number of benzene rings is 1. The Bertz CT molecular complexity index is 394. The van der Waals surface area contributed by atoms with Crippen molar-refractivity contribution < 1.29 is 14.3 Å². The Labute approximate surface area is 104 Å². The molecule has 1 aromatic rings. The summed E-state index contributed by atoms with van der Waals surface area (Å²) >= 11 is 3.33. The van der Waals surface area contributed by atoms with Crippen LogP contribution in [0, 0.1) is 0 Å². The maximum absolute atomic E-state index is 10.8. The summed E-state index contributed by atoms with van der Waals surface area (Å²) in [5.41, 5.74) is -0.248. The van der Waals surface area contributed by atoms with Crippen molar-refractivity contribution in [3.8, 4) is 11.5 Å². The van der Waals surface area contributed by atoms with Gasteiger partial charge in [-0.25, -0.2) is 0 Å². The zero-order valence-corrected chi connectivity index (χ0v) is 11.4. The molecule has 88 valence electrons. The van der Waals surface area contributed by atoms with Crippen molar-refractivity contribution in [1.29, 1.82) is 0 Å². The molecule has 0 unspecified atom stereocenters.